The minimum absolute atomic E-state index is 0.141. The van der Waals surface area contributed by atoms with Gasteiger partial charge in [-0.1, -0.05) is 13.3 Å². The second-order valence-corrected chi connectivity index (χ2v) is 3.88. The Kier molecular flexibility index (Phi) is 3.82. The molecule has 0 aliphatic carbocycles. The SMILES string of the molecule is CCCCc1c(OC)nc(-c2ccco2)oc1=O. The van der Waals surface area contributed by atoms with Gasteiger partial charge in [0.25, 0.3) is 5.89 Å². The molecule has 0 spiro atoms. The van der Waals surface area contributed by atoms with E-state index < -0.39 is 5.63 Å². The lowest BCUT2D eigenvalue weighted by atomic mass is 10.1. The molecular formula is C13H15NO4. The van der Waals surface area contributed by atoms with Gasteiger partial charge in [0.1, 0.15) is 0 Å². The number of nitrogens with zero attached hydrogens (tertiary/aromatic N) is 1. The molecule has 0 N–H and O–H groups in total. The smallest absolute Gasteiger partial charge is 0.346 e. The van der Waals surface area contributed by atoms with Crippen molar-refractivity contribution in [2.24, 2.45) is 0 Å². The van der Waals surface area contributed by atoms with Crippen molar-refractivity contribution in [3.8, 4) is 17.5 Å². The summed E-state index contributed by atoms with van der Waals surface area (Å²) in [5.41, 5.74) is 0.0661. The van der Waals surface area contributed by atoms with Crippen LogP contribution in [0.1, 0.15) is 25.3 Å². The van der Waals surface area contributed by atoms with Crippen LogP contribution in [0.3, 0.4) is 0 Å². The van der Waals surface area contributed by atoms with E-state index in [1.807, 2.05) is 0 Å². The third kappa shape index (κ3) is 2.45. The van der Waals surface area contributed by atoms with E-state index in [0.717, 1.165) is 12.8 Å². The molecule has 0 fully saturated rings. The molecule has 96 valence electrons. The second-order valence-electron chi connectivity index (χ2n) is 3.88. The molecule has 0 amide bonds. The van der Waals surface area contributed by atoms with Gasteiger partial charge in [-0.25, -0.2) is 4.79 Å². The highest BCUT2D eigenvalue weighted by atomic mass is 16.5. The van der Waals surface area contributed by atoms with E-state index in [1.54, 1.807) is 12.1 Å². The van der Waals surface area contributed by atoms with Gasteiger partial charge < -0.3 is 13.6 Å². The molecule has 0 aliphatic rings. The summed E-state index contributed by atoms with van der Waals surface area (Å²) >= 11 is 0. The van der Waals surface area contributed by atoms with Crippen molar-refractivity contribution in [2.75, 3.05) is 7.11 Å². The minimum Gasteiger partial charge on any atom is -0.481 e. The number of aromatic nitrogens is 1. The summed E-state index contributed by atoms with van der Waals surface area (Å²) in [7, 11) is 1.49. The minimum atomic E-state index is -0.415. The zero-order valence-corrected chi connectivity index (χ0v) is 10.4. The average Bonchev–Trinajstić information content (AvgIpc) is 2.90. The quantitative estimate of drug-likeness (QED) is 0.815. The third-order valence-corrected chi connectivity index (χ3v) is 2.60. The molecule has 0 aliphatic heterocycles. The third-order valence-electron chi connectivity index (χ3n) is 2.60. The van der Waals surface area contributed by atoms with Crippen molar-refractivity contribution in [1.82, 2.24) is 4.98 Å². The predicted molar refractivity (Wildman–Crippen MR) is 65.6 cm³/mol. The summed E-state index contributed by atoms with van der Waals surface area (Å²) in [5, 5.41) is 0. The molecule has 0 saturated heterocycles. The van der Waals surface area contributed by atoms with Crippen LogP contribution < -0.4 is 10.4 Å². The number of furan rings is 1. The monoisotopic (exact) mass is 249 g/mol. The van der Waals surface area contributed by atoms with E-state index >= 15 is 0 Å². The Morgan fingerprint density at radius 1 is 1.44 bits per heavy atom. The summed E-state index contributed by atoms with van der Waals surface area (Å²) in [4.78, 5) is 16.1. The fourth-order valence-corrected chi connectivity index (χ4v) is 1.66. The standard InChI is InChI=1S/C13H15NO4/c1-3-4-6-9-11(16-2)14-12(18-13(9)15)10-7-5-8-17-10/h5,7-8H,3-4,6H2,1-2H3. The molecule has 0 atom stereocenters. The van der Waals surface area contributed by atoms with Crippen LogP contribution in [0.4, 0.5) is 0 Å². The molecule has 5 heteroatoms. The molecule has 0 aromatic carbocycles. The molecule has 0 radical (unpaired) electrons. The lowest BCUT2D eigenvalue weighted by Gasteiger charge is -2.06. The van der Waals surface area contributed by atoms with Gasteiger partial charge in [0.2, 0.25) is 5.88 Å². The van der Waals surface area contributed by atoms with Gasteiger partial charge in [0, 0.05) is 0 Å². The first-order valence-electron chi connectivity index (χ1n) is 5.88. The topological polar surface area (TPSA) is 65.5 Å². The van der Waals surface area contributed by atoms with Crippen molar-refractivity contribution in [3.63, 3.8) is 0 Å². The molecule has 2 heterocycles. The Morgan fingerprint density at radius 2 is 2.28 bits per heavy atom. The van der Waals surface area contributed by atoms with Crippen molar-refractivity contribution < 1.29 is 13.6 Å². The molecule has 2 rings (SSSR count). The highest BCUT2D eigenvalue weighted by Gasteiger charge is 2.16. The molecule has 0 unspecified atom stereocenters. The van der Waals surface area contributed by atoms with E-state index in [9.17, 15) is 4.79 Å². The highest BCUT2D eigenvalue weighted by molar-refractivity contribution is 5.45. The van der Waals surface area contributed by atoms with Crippen molar-refractivity contribution in [1.29, 1.82) is 0 Å². The number of hydrogen-bond donors (Lipinski definition) is 0. The Bertz CT molecular complexity index is 557. The first-order chi connectivity index (χ1) is 8.76. The second kappa shape index (κ2) is 5.53. The van der Waals surface area contributed by atoms with Crippen LogP contribution in [-0.4, -0.2) is 12.1 Å². The number of unbranched alkanes of at least 4 members (excludes halogenated alkanes) is 1. The fourth-order valence-electron chi connectivity index (χ4n) is 1.66. The summed E-state index contributed by atoms with van der Waals surface area (Å²) in [6.45, 7) is 2.05. The summed E-state index contributed by atoms with van der Waals surface area (Å²) in [6.07, 6.45) is 3.98. The molecule has 2 aromatic heterocycles. The summed E-state index contributed by atoms with van der Waals surface area (Å²) < 4.78 is 15.4. The van der Waals surface area contributed by atoms with Gasteiger partial charge in [0.05, 0.1) is 18.9 Å². The first-order valence-corrected chi connectivity index (χ1v) is 5.88. The number of hydrogen-bond acceptors (Lipinski definition) is 5. The van der Waals surface area contributed by atoms with Gasteiger partial charge in [-0.3, -0.25) is 0 Å². The van der Waals surface area contributed by atoms with E-state index in [1.165, 1.54) is 13.4 Å². The van der Waals surface area contributed by atoms with Gasteiger partial charge in [-0.2, -0.15) is 4.98 Å². The van der Waals surface area contributed by atoms with E-state index in [4.69, 9.17) is 13.6 Å². The number of rotatable bonds is 5. The molecule has 5 nitrogen and oxygen atoms in total. The van der Waals surface area contributed by atoms with Crippen LogP contribution in [0.25, 0.3) is 11.7 Å². The molecule has 0 bridgehead atoms. The van der Waals surface area contributed by atoms with Gasteiger partial charge >= 0.3 is 5.63 Å². The summed E-state index contributed by atoms with van der Waals surface area (Å²) in [5.74, 6) is 0.862. The maximum absolute atomic E-state index is 11.9. The average molecular weight is 249 g/mol. The highest BCUT2D eigenvalue weighted by Crippen LogP contribution is 2.21. The largest absolute Gasteiger partial charge is 0.481 e. The Balaban J connectivity index is 2.43. The van der Waals surface area contributed by atoms with Crippen molar-refractivity contribution in [3.05, 3.63) is 34.4 Å². The molecule has 18 heavy (non-hydrogen) atoms. The number of methoxy groups -OCH3 is 1. The fraction of sp³-hybridized carbons (Fsp3) is 0.385. The molecule has 2 aromatic rings. The Hall–Kier alpha value is -2.04. The molecular weight excluding hydrogens is 234 g/mol. The van der Waals surface area contributed by atoms with Crippen LogP contribution >= 0.6 is 0 Å². The van der Waals surface area contributed by atoms with Crippen LogP contribution in [-0.2, 0) is 6.42 Å². The predicted octanol–water partition coefficient (Wildman–Crippen LogP) is 2.65. The number of ether oxygens (including phenoxy) is 1. The van der Waals surface area contributed by atoms with Crippen LogP contribution in [0, 0.1) is 0 Å². The Labute approximate surface area is 104 Å². The lowest BCUT2D eigenvalue weighted by molar-refractivity contribution is 0.368. The lowest BCUT2D eigenvalue weighted by Crippen LogP contribution is -2.12. The zero-order valence-electron chi connectivity index (χ0n) is 10.4. The van der Waals surface area contributed by atoms with Gasteiger partial charge in [-0.15, -0.1) is 0 Å². The van der Waals surface area contributed by atoms with Gasteiger partial charge in [0.15, 0.2) is 5.76 Å². The molecule has 0 saturated carbocycles. The normalized spacial score (nSPS) is 10.6. The summed E-state index contributed by atoms with van der Waals surface area (Å²) in [6, 6.07) is 3.38. The van der Waals surface area contributed by atoms with E-state index in [2.05, 4.69) is 11.9 Å². The van der Waals surface area contributed by atoms with E-state index in [-0.39, 0.29) is 5.89 Å². The van der Waals surface area contributed by atoms with Crippen molar-refractivity contribution in [2.45, 2.75) is 26.2 Å². The van der Waals surface area contributed by atoms with Crippen LogP contribution in [0.15, 0.2) is 32.0 Å². The van der Waals surface area contributed by atoms with Crippen LogP contribution in [0.2, 0.25) is 0 Å². The van der Waals surface area contributed by atoms with Gasteiger partial charge in [-0.05, 0) is 25.0 Å². The first kappa shape index (κ1) is 12.4. The maximum atomic E-state index is 11.9. The van der Waals surface area contributed by atoms with Crippen molar-refractivity contribution >= 4 is 0 Å². The van der Waals surface area contributed by atoms with Crippen LogP contribution in [0.5, 0.6) is 5.88 Å². The zero-order chi connectivity index (χ0) is 13.0. The van der Waals surface area contributed by atoms with E-state index in [0.29, 0.717) is 23.6 Å². The maximum Gasteiger partial charge on any atom is 0.346 e. The Morgan fingerprint density at radius 3 is 2.89 bits per heavy atom.